The van der Waals surface area contributed by atoms with Crippen molar-refractivity contribution < 1.29 is 22.3 Å². The quantitative estimate of drug-likeness (QED) is 0.438. The van der Waals surface area contributed by atoms with E-state index >= 15 is 0 Å². The van der Waals surface area contributed by atoms with Gasteiger partial charge in [-0.05, 0) is 6.92 Å². The van der Waals surface area contributed by atoms with E-state index in [4.69, 9.17) is 10.5 Å². The number of aliphatic imine (C=N–C) groups is 1. The molecule has 116 valence electrons. The van der Waals surface area contributed by atoms with Gasteiger partial charge in [-0.25, -0.2) is 14.1 Å². The number of hydrogen-bond donors (Lipinski definition) is 2. The molecule has 2 heterocycles. The van der Waals surface area contributed by atoms with E-state index in [0.717, 1.165) is 10.7 Å². The van der Waals surface area contributed by atoms with Crippen LogP contribution in [0.5, 0.6) is 5.88 Å². The number of amidine groups is 1. The third-order valence-electron chi connectivity index (χ3n) is 2.54. The van der Waals surface area contributed by atoms with Crippen LogP contribution in [0.25, 0.3) is 0 Å². The van der Waals surface area contributed by atoms with Crippen molar-refractivity contribution >= 4 is 28.6 Å². The van der Waals surface area contributed by atoms with Crippen LogP contribution in [-0.4, -0.2) is 21.8 Å². The minimum absolute atomic E-state index is 0.0110. The van der Waals surface area contributed by atoms with E-state index in [1.165, 1.54) is 6.92 Å². The predicted molar refractivity (Wildman–Crippen MR) is 74.2 cm³/mol. The standard InChI is InChI=1S/C10H10F4IN5O/c1-4-7(11)8(16)18-9(17-4)21-6-2-5(10(12,13)14)20(3-15)19-6/h2,4H,3,16H2,1H3,(H,17,18). The highest BCUT2D eigenvalue weighted by atomic mass is 127. The molecule has 1 aliphatic heterocycles. The molecule has 21 heavy (non-hydrogen) atoms. The molecule has 1 aliphatic rings. The summed E-state index contributed by atoms with van der Waals surface area (Å²) in [6.07, 6.45) is -4.56. The number of nitrogens with zero attached hydrogens (tertiary/aromatic N) is 3. The van der Waals surface area contributed by atoms with Gasteiger partial charge in [-0.3, -0.25) is 5.32 Å². The lowest BCUT2D eigenvalue weighted by atomic mass is 10.3. The van der Waals surface area contributed by atoms with E-state index in [9.17, 15) is 17.6 Å². The minimum Gasteiger partial charge on any atom is -0.405 e. The number of halogens is 5. The summed E-state index contributed by atoms with van der Waals surface area (Å²) in [6, 6.07) is -0.360. The largest absolute Gasteiger partial charge is 0.433 e. The molecule has 1 aromatic rings. The summed E-state index contributed by atoms with van der Waals surface area (Å²) in [5, 5.41) is 5.96. The zero-order valence-electron chi connectivity index (χ0n) is 10.6. The van der Waals surface area contributed by atoms with E-state index < -0.39 is 23.7 Å². The lowest BCUT2D eigenvalue weighted by Gasteiger charge is -2.18. The molecular formula is C10H10F4IN5O. The molecule has 2 rings (SSSR count). The van der Waals surface area contributed by atoms with Crippen LogP contribution in [0.2, 0.25) is 0 Å². The highest BCUT2D eigenvalue weighted by Gasteiger charge is 2.36. The van der Waals surface area contributed by atoms with Crippen LogP contribution in [-0.2, 0) is 10.7 Å². The van der Waals surface area contributed by atoms with Gasteiger partial charge in [0.25, 0.3) is 6.02 Å². The molecule has 1 aromatic heterocycles. The topological polar surface area (TPSA) is 77.5 Å². The molecule has 1 atom stereocenters. The lowest BCUT2D eigenvalue weighted by Crippen LogP contribution is -2.38. The first-order valence-electron chi connectivity index (χ1n) is 5.61. The molecule has 0 saturated heterocycles. The predicted octanol–water partition coefficient (Wildman–Crippen LogP) is 2.12. The number of ether oxygens (including phenoxy) is 1. The summed E-state index contributed by atoms with van der Waals surface area (Å²) in [5.74, 6) is -1.28. The Kier molecular flexibility index (Phi) is 4.30. The summed E-state index contributed by atoms with van der Waals surface area (Å²) < 4.78 is 57.4. The van der Waals surface area contributed by atoms with Gasteiger partial charge in [-0.15, -0.1) is 5.10 Å². The summed E-state index contributed by atoms with van der Waals surface area (Å²) in [5.41, 5.74) is 4.42. The molecular weight excluding hydrogens is 409 g/mol. The Morgan fingerprint density at radius 1 is 1.52 bits per heavy atom. The third kappa shape index (κ3) is 3.39. The summed E-state index contributed by atoms with van der Waals surface area (Å²) in [6.45, 7) is 1.43. The van der Waals surface area contributed by atoms with Gasteiger partial charge in [0.15, 0.2) is 5.83 Å². The van der Waals surface area contributed by atoms with E-state index in [1.807, 2.05) is 0 Å². The highest BCUT2D eigenvalue weighted by Crippen LogP contribution is 2.32. The van der Waals surface area contributed by atoms with E-state index in [0.29, 0.717) is 0 Å². The van der Waals surface area contributed by atoms with Crippen molar-refractivity contribution in [2.75, 3.05) is 0 Å². The van der Waals surface area contributed by atoms with Crippen LogP contribution < -0.4 is 15.8 Å². The van der Waals surface area contributed by atoms with Crippen LogP contribution >= 0.6 is 22.6 Å². The van der Waals surface area contributed by atoms with Crippen LogP contribution in [0, 0.1) is 0 Å². The van der Waals surface area contributed by atoms with Gasteiger partial charge in [0.05, 0.1) is 4.55 Å². The van der Waals surface area contributed by atoms with Crippen molar-refractivity contribution in [3.63, 3.8) is 0 Å². The monoisotopic (exact) mass is 419 g/mol. The molecule has 0 amide bonds. The number of aromatic nitrogens is 2. The lowest BCUT2D eigenvalue weighted by molar-refractivity contribution is -0.143. The molecule has 0 spiro atoms. The molecule has 11 heteroatoms. The Hall–Kier alpha value is -1.53. The van der Waals surface area contributed by atoms with Gasteiger partial charge >= 0.3 is 6.18 Å². The van der Waals surface area contributed by atoms with Crippen molar-refractivity contribution in [1.82, 2.24) is 15.1 Å². The number of alkyl halides is 4. The maximum atomic E-state index is 13.3. The average Bonchev–Trinajstić information content (AvgIpc) is 2.79. The minimum atomic E-state index is -4.56. The van der Waals surface area contributed by atoms with Gasteiger partial charge in [-0.1, -0.05) is 22.6 Å². The molecule has 0 aromatic carbocycles. The molecule has 0 saturated carbocycles. The van der Waals surface area contributed by atoms with E-state index in [1.54, 1.807) is 22.6 Å². The SMILES string of the molecule is CC1N=C(Oc2cc(C(F)(F)F)n(CI)n2)NC(N)=C1F. The maximum absolute atomic E-state index is 13.3. The van der Waals surface area contributed by atoms with Crippen molar-refractivity contribution in [2.24, 2.45) is 10.7 Å². The maximum Gasteiger partial charge on any atom is 0.433 e. The first kappa shape index (κ1) is 15.9. The molecule has 3 N–H and O–H groups in total. The van der Waals surface area contributed by atoms with Gasteiger partial charge in [-0.2, -0.15) is 13.2 Å². The summed E-state index contributed by atoms with van der Waals surface area (Å²) in [7, 11) is 0. The van der Waals surface area contributed by atoms with Gasteiger partial charge < -0.3 is 10.5 Å². The third-order valence-corrected chi connectivity index (χ3v) is 3.19. The Labute approximate surface area is 130 Å². The zero-order valence-corrected chi connectivity index (χ0v) is 12.7. The Morgan fingerprint density at radius 2 is 2.19 bits per heavy atom. The van der Waals surface area contributed by atoms with Crippen LogP contribution in [0.1, 0.15) is 12.6 Å². The molecule has 0 aliphatic carbocycles. The van der Waals surface area contributed by atoms with Crippen LogP contribution in [0.4, 0.5) is 17.6 Å². The van der Waals surface area contributed by atoms with Crippen LogP contribution in [0.15, 0.2) is 22.7 Å². The first-order valence-corrected chi connectivity index (χ1v) is 7.13. The molecule has 6 nitrogen and oxygen atoms in total. The Bertz CT molecular complexity index is 609. The molecule has 1 unspecified atom stereocenters. The fraction of sp³-hybridized carbons (Fsp3) is 0.400. The Morgan fingerprint density at radius 3 is 2.67 bits per heavy atom. The fourth-order valence-corrected chi connectivity index (χ4v) is 2.10. The van der Waals surface area contributed by atoms with Gasteiger partial charge in [0.2, 0.25) is 5.88 Å². The number of hydrogen-bond acceptors (Lipinski definition) is 5. The highest BCUT2D eigenvalue weighted by molar-refractivity contribution is 14.1. The summed E-state index contributed by atoms with van der Waals surface area (Å²) >= 11 is 1.73. The number of rotatable bonds is 2. The van der Waals surface area contributed by atoms with Gasteiger partial charge in [0, 0.05) is 6.07 Å². The van der Waals surface area contributed by atoms with Crippen molar-refractivity contribution in [2.45, 2.75) is 23.7 Å². The van der Waals surface area contributed by atoms with Crippen molar-refractivity contribution in [3.8, 4) is 5.88 Å². The molecule has 0 bridgehead atoms. The number of nitrogens with two attached hydrogens (primary N) is 1. The second kappa shape index (κ2) is 5.69. The first-order chi connectivity index (χ1) is 9.72. The van der Waals surface area contributed by atoms with E-state index in [2.05, 4.69) is 15.4 Å². The number of nitrogens with one attached hydrogen (secondary N) is 1. The Balaban J connectivity index is 2.22. The average molecular weight is 419 g/mol. The molecule has 0 fully saturated rings. The van der Waals surface area contributed by atoms with Crippen molar-refractivity contribution in [1.29, 1.82) is 0 Å². The van der Waals surface area contributed by atoms with Crippen LogP contribution in [0.3, 0.4) is 0 Å². The second-order valence-corrected chi connectivity index (χ2v) is 4.77. The van der Waals surface area contributed by atoms with E-state index in [-0.39, 0.29) is 22.3 Å². The zero-order chi connectivity index (χ0) is 15.8. The normalized spacial score (nSPS) is 19.3. The van der Waals surface area contributed by atoms with Gasteiger partial charge in [0.1, 0.15) is 17.6 Å². The smallest absolute Gasteiger partial charge is 0.405 e. The van der Waals surface area contributed by atoms with Crippen molar-refractivity contribution in [3.05, 3.63) is 23.4 Å². The fourth-order valence-electron chi connectivity index (χ4n) is 1.58. The molecule has 0 radical (unpaired) electrons. The second-order valence-electron chi connectivity index (χ2n) is 4.08. The summed E-state index contributed by atoms with van der Waals surface area (Å²) in [4.78, 5) is 3.77.